The predicted octanol–water partition coefficient (Wildman–Crippen LogP) is 15.6. The number of allylic oxidation sites excluding steroid dienone is 8. The molecule has 0 radical (unpaired) electrons. The van der Waals surface area contributed by atoms with Gasteiger partial charge in [-0.05, 0) is 136 Å². The molecule has 278 valence electrons. The highest BCUT2D eigenvalue weighted by Crippen LogP contribution is 2.58. The molecule has 0 atom stereocenters. The van der Waals surface area contributed by atoms with E-state index < -0.39 is 5.41 Å². The van der Waals surface area contributed by atoms with Crippen molar-refractivity contribution in [1.29, 1.82) is 0 Å². The van der Waals surface area contributed by atoms with E-state index in [0.717, 1.165) is 19.3 Å². The number of hydrogen-bond donors (Lipinski definition) is 0. The highest BCUT2D eigenvalue weighted by molar-refractivity contribution is 7.25. The summed E-state index contributed by atoms with van der Waals surface area (Å²) < 4.78 is 5.17. The third-order valence-electron chi connectivity index (χ3n) is 12.6. The summed E-state index contributed by atoms with van der Waals surface area (Å²) in [4.78, 5) is 0. The SMILES string of the molecule is C/C=C(\C=C/CC)c1ccc2c(c1)c1cc(C3=CCCC=C3)ccc1n2-c1ccc2c(c1)C(c1ccccc1)(c1ccccc1)c1cc3sc4ccccc4c3cc1-2. The molecule has 7 aromatic carbocycles. The topological polar surface area (TPSA) is 4.93 Å². The molecule has 58 heavy (non-hydrogen) atoms. The first kappa shape index (κ1) is 34.7. The van der Waals surface area contributed by atoms with E-state index in [1.807, 2.05) is 11.3 Å². The maximum atomic E-state index is 2.51. The second-order valence-electron chi connectivity index (χ2n) is 15.7. The van der Waals surface area contributed by atoms with Gasteiger partial charge < -0.3 is 4.57 Å². The number of benzene rings is 7. The van der Waals surface area contributed by atoms with Crippen molar-refractivity contribution < 1.29 is 0 Å². The van der Waals surface area contributed by atoms with Gasteiger partial charge in [-0.3, -0.25) is 0 Å². The van der Waals surface area contributed by atoms with Gasteiger partial charge in [0.1, 0.15) is 0 Å². The summed E-state index contributed by atoms with van der Waals surface area (Å²) in [6, 6.07) is 57.7. The van der Waals surface area contributed by atoms with Crippen molar-refractivity contribution in [1.82, 2.24) is 4.57 Å². The smallest absolute Gasteiger partial charge is 0.0714 e. The molecule has 2 aliphatic carbocycles. The number of fused-ring (bicyclic) bond motifs is 9. The average Bonchev–Trinajstić information content (AvgIpc) is 3.91. The van der Waals surface area contributed by atoms with E-state index in [1.54, 1.807) is 0 Å². The van der Waals surface area contributed by atoms with Crippen LogP contribution < -0.4 is 0 Å². The number of hydrogen-bond acceptors (Lipinski definition) is 1. The van der Waals surface area contributed by atoms with Crippen LogP contribution in [0.3, 0.4) is 0 Å². The van der Waals surface area contributed by atoms with Gasteiger partial charge >= 0.3 is 0 Å². The van der Waals surface area contributed by atoms with E-state index in [9.17, 15) is 0 Å². The molecule has 9 aromatic rings. The molecule has 2 aliphatic rings. The van der Waals surface area contributed by atoms with Crippen LogP contribution in [0.25, 0.3) is 69.9 Å². The minimum Gasteiger partial charge on any atom is -0.309 e. The normalized spacial score (nSPS) is 14.9. The van der Waals surface area contributed by atoms with E-state index >= 15 is 0 Å². The first-order valence-corrected chi connectivity index (χ1v) is 21.5. The van der Waals surface area contributed by atoms with Gasteiger partial charge in [-0.25, -0.2) is 0 Å². The Morgan fingerprint density at radius 3 is 2.10 bits per heavy atom. The van der Waals surface area contributed by atoms with Crippen LogP contribution in [0.4, 0.5) is 0 Å². The van der Waals surface area contributed by atoms with Crippen molar-refractivity contribution in [2.75, 3.05) is 0 Å². The summed E-state index contributed by atoms with van der Waals surface area (Å²) in [7, 11) is 0. The zero-order valence-corrected chi connectivity index (χ0v) is 33.7. The van der Waals surface area contributed by atoms with Gasteiger partial charge in [-0.15, -0.1) is 11.3 Å². The Bertz CT molecular complexity index is 3160. The van der Waals surface area contributed by atoms with Crippen molar-refractivity contribution in [3.05, 3.63) is 221 Å². The molecule has 0 saturated carbocycles. The van der Waals surface area contributed by atoms with Crippen molar-refractivity contribution >= 4 is 64.5 Å². The molecule has 0 amide bonds. The van der Waals surface area contributed by atoms with Gasteiger partial charge in [-0.1, -0.05) is 140 Å². The van der Waals surface area contributed by atoms with E-state index in [1.165, 1.54) is 103 Å². The van der Waals surface area contributed by atoms with Crippen LogP contribution in [0, 0.1) is 0 Å². The average molecular weight is 762 g/mol. The second-order valence-corrected chi connectivity index (χ2v) is 16.8. The van der Waals surface area contributed by atoms with Crippen molar-refractivity contribution in [2.24, 2.45) is 0 Å². The summed E-state index contributed by atoms with van der Waals surface area (Å²) in [6.07, 6.45) is 16.9. The highest BCUT2D eigenvalue weighted by atomic mass is 32.1. The molecule has 2 aromatic heterocycles. The Kier molecular flexibility index (Phi) is 8.31. The molecular formula is C56H43NS. The molecule has 0 fully saturated rings. The molecule has 0 spiro atoms. The first-order chi connectivity index (χ1) is 28.7. The predicted molar refractivity (Wildman–Crippen MR) is 250 cm³/mol. The Morgan fingerprint density at radius 1 is 0.638 bits per heavy atom. The van der Waals surface area contributed by atoms with E-state index in [-0.39, 0.29) is 0 Å². The van der Waals surface area contributed by atoms with Gasteiger partial charge in [0.05, 0.1) is 16.4 Å². The number of nitrogens with zero attached hydrogens (tertiary/aromatic N) is 1. The molecule has 1 nitrogen and oxygen atoms in total. The molecule has 0 bridgehead atoms. The highest BCUT2D eigenvalue weighted by Gasteiger charge is 2.46. The maximum Gasteiger partial charge on any atom is 0.0714 e. The lowest BCUT2D eigenvalue weighted by Crippen LogP contribution is -2.28. The van der Waals surface area contributed by atoms with Gasteiger partial charge in [0, 0.05) is 36.6 Å². The fraction of sp³-hybridized carbons (Fsp3) is 0.107. The van der Waals surface area contributed by atoms with Crippen molar-refractivity contribution in [3.63, 3.8) is 0 Å². The molecular weight excluding hydrogens is 719 g/mol. The lowest BCUT2D eigenvalue weighted by Gasteiger charge is -2.34. The van der Waals surface area contributed by atoms with Crippen molar-refractivity contribution in [2.45, 2.75) is 38.5 Å². The number of rotatable bonds is 7. The van der Waals surface area contributed by atoms with Crippen LogP contribution in [0.1, 0.15) is 66.5 Å². The van der Waals surface area contributed by atoms with Gasteiger partial charge in [-0.2, -0.15) is 0 Å². The van der Waals surface area contributed by atoms with Crippen LogP contribution in [-0.2, 0) is 5.41 Å². The van der Waals surface area contributed by atoms with Gasteiger partial charge in [0.25, 0.3) is 0 Å². The van der Waals surface area contributed by atoms with Crippen LogP contribution in [0.15, 0.2) is 188 Å². The molecule has 11 rings (SSSR count). The fourth-order valence-electron chi connectivity index (χ4n) is 9.92. The van der Waals surface area contributed by atoms with Gasteiger partial charge in [0.2, 0.25) is 0 Å². The lowest BCUT2D eigenvalue weighted by atomic mass is 9.67. The largest absolute Gasteiger partial charge is 0.309 e. The number of thiophene rings is 1. The quantitative estimate of drug-likeness (QED) is 0.143. The lowest BCUT2D eigenvalue weighted by molar-refractivity contribution is 0.769. The summed E-state index contributed by atoms with van der Waals surface area (Å²) in [5, 5.41) is 5.21. The molecule has 0 aliphatic heterocycles. The first-order valence-electron chi connectivity index (χ1n) is 20.7. The van der Waals surface area contributed by atoms with Crippen LogP contribution in [0.2, 0.25) is 0 Å². The minimum atomic E-state index is -0.515. The zero-order chi connectivity index (χ0) is 38.8. The molecule has 0 unspecified atom stereocenters. The van der Waals surface area contributed by atoms with E-state index in [4.69, 9.17) is 0 Å². The monoisotopic (exact) mass is 761 g/mol. The molecule has 2 heteroatoms. The Labute approximate surface area is 344 Å². The van der Waals surface area contributed by atoms with E-state index in [0.29, 0.717) is 0 Å². The standard InChI is InChI=1S/C56H43NS/c1-3-5-17-37(4-2)39-26-30-52-47(32-39)48-33-40(38-18-9-6-10-19-38)27-31-53(48)57(52)43-28-29-44-46-35-49-45-24-15-16-25-54(45)58-55(49)36-51(46)56(50(44)34-43,41-20-11-7-12-21-41)42-22-13-8-14-23-42/h4-5,7-9,11-36H,3,6,10H2,1-2H3/b17-5-,37-4+. The molecule has 2 heterocycles. The van der Waals surface area contributed by atoms with Crippen LogP contribution in [0.5, 0.6) is 0 Å². The number of aromatic nitrogens is 1. The Balaban J connectivity index is 1.21. The molecule has 0 saturated heterocycles. The van der Waals surface area contributed by atoms with Crippen LogP contribution in [-0.4, -0.2) is 4.57 Å². The van der Waals surface area contributed by atoms with Crippen molar-refractivity contribution in [3.8, 4) is 16.8 Å². The molecule has 0 N–H and O–H groups in total. The Morgan fingerprint density at radius 2 is 1.36 bits per heavy atom. The van der Waals surface area contributed by atoms with E-state index in [2.05, 4.69) is 207 Å². The maximum absolute atomic E-state index is 2.51. The summed E-state index contributed by atoms with van der Waals surface area (Å²) in [6.45, 7) is 4.34. The minimum absolute atomic E-state index is 0.515. The Hall–Kier alpha value is -6.48. The third-order valence-corrected chi connectivity index (χ3v) is 13.7. The summed E-state index contributed by atoms with van der Waals surface area (Å²) >= 11 is 1.90. The third kappa shape index (κ3) is 5.21. The zero-order valence-electron chi connectivity index (χ0n) is 32.9. The summed E-state index contributed by atoms with van der Waals surface area (Å²) in [5.41, 5.74) is 16.0. The fourth-order valence-corrected chi connectivity index (χ4v) is 11.1. The second kappa shape index (κ2) is 13.9. The summed E-state index contributed by atoms with van der Waals surface area (Å²) in [5.74, 6) is 0. The van der Waals surface area contributed by atoms with Gasteiger partial charge in [0.15, 0.2) is 0 Å². The van der Waals surface area contributed by atoms with Crippen LogP contribution >= 0.6 is 11.3 Å².